The van der Waals surface area contributed by atoms with Gasteiger partial charge in [0.2, 0.25) is 0 Å². The number of anilines is 1. The van der Waals surface area contributed by atoms with Gasteiger partial charge in [0.1, 0.15) is 12.4 Å². The molecule has 0 radical (unpaired) electrons. The molecule has 0 aliphatic carbocycles. The van der Waals surface area contributed by atoms with Crippen molar-refractivity contribution in [2.24, 2.45) is 0 Å². The molecule has 2 heteroatoms. The van der Waals surface area contributed by atoms with E-state index in [4.69, 9.17) is 4.74 Å². The highest BCUT2D eigenvalue weighted by Gasteiger charge is 2.04. The number of benzene rings is 3. The first-order valence-corrected chi connectivity index (χ1v) is 8.27. The minimum absolute atomic E-state index is 0.585. The van der Waals surface area contributed by atoms with E-state index in [9.17, 15) is 0 Å². The Morgan fingerprint density at radius 1 is 0.750 bits per heavy atom. The Balaban J connectivity index is 1.64. The molecule has 0 atom stereocenters. The minimum atomic E-state index is 0.585. The molecule has 0 saturated heterocycles. The zero-order valence-electron chi connectivity index (χ0n) is 14.3. The normalized spacial score (nSPS) is 10.4. The van der Waals surface area contributed by atoms with E-state index >= 15 is 0 Å². The molecule has 0 aliphatic rings. The standard InChI is InChI=1S/C22H23NO/c1-17-7-11-19(12-8-17)16-24-22-6-4-3-5-20(22)15-23-21-13-9-18(2)10-14-21/h3-14,23H,15-16H2,1-2H3. The van der Waals surface area contributed by atoms with E-state index in [1.165, 1.54) is 16.7 Å². The van der Waals surface area contributed by atoms with E-state index in [2.05, 4.69) is 73.8 Å². The lowest BCUT2D eigenvalue weighted by Crippen LogP contribution is -2.03. The van der Waals surface area contributed by atoms with Crippen LogP contribution >= 0.6 is 0 Å². The highest BCUT2D eigenvalue weighted by molar-refractivity contribution is 5.46. The highest BCUT2D eigenvalue weighted by Crippen LogP contribution is 2.21. The fourth-order valence-corrected chi connectivity index (χ4v) is 2.50. The van der Waals surface area contributed by atoms with Gasteiger partial charge < -0.3 is 10.1 Å². The van der Waals surface area contributed by atoms with Crippen molar-refractivity contribution in [1.29, 1.82) is 0 Å². The SMILES string of the molecule is Cc1ccc(COc2ccccc2CNc2ccc(C)cc2)cc1. The number of hydrogen-bond donors (Lipinski definition) is 1. The molecule has 0 fully saturated rings. The molecule has 0 heterocycles. The molecule has 0 amide bonds. The van der Waals surface area contributed by atoms with Crippen LogP contribution in [-0.2, 0) is 13.2 Å². The van der Waals surface area contributed by atoms with Crippen molar-refractivity contribution >= 4 is 5.69 Å². The number of hydrogen-bond acceptors (Lipinski definition) is 2. The lowest BCUT2D eigenvalue weighted by molar-refractivity contribution is 0.303. The fraction of sp³-hybridized carbons (Fsp3) is 0.182. The largest absolute Gasteiger partial charge is 0.489 e. The maximum atomic E-state index is 6.03. The molecule has 122 valence electrons. The van der Waals surface area contributed by atoms with Gasteiger partial charge in [0.25, 0.3) is 0 Å². The van der Waals surface area contributed by atoms with Crippen molar-refractivity contribution in [2.75, 3.05) is 5.32 Å². The van der Waals surface area contributed by atoms with Gasteiger partial charge in [-0.15, -0.1) is 0 Å². The fourth-order valence-electron chi connectivity index (χ4n) is 2.50. The van der Waals surface area contributed by atoms with Crippen LogP contribution in [0.5, 0.6) is 5.75 Å². The maximum absolute atomic E-state index is 6.03. The van der Waals surface area contributed by atoms with E-state index in [-0.39, 0.29) is 0 Å². The molecule has 3 rings (SSSR count). The van der Waals surface area contributed by atoms with Crippen LogP contribution in [0.1, 0.15) is 22.3 Å². The van der Waals surface area contributed by atoms with Gasteiger partial charge in [-0.05, 0) is 37.6 Å². The summed E-state index contributed by atoms with van der Waals surface area (Å²) in [5, 5.41) is 3.45. The lowest BCUT2D eigenvalue weighted by Gasteiger charge is -2.13. The Morgan fingerprint density at radius 2 is 1.38 bits per heavy atom. The van der Waals surface area contributed by atoms with Crippen molar-refractivity contribution in [3.05, 3.63) is 95.1 Å². The van der Waals surface area contributed by atoms with Gasteiger partial charge in [-0.1, -0.05) is 65.7 Å². The van der Waals surface area contributed by atoms with E-state index in [0.29, 0.717) is 6.61 Å². The number of ether oxygens (including phenoxy) is 1. The minimum Gasteiger partial charge on any atom is -0.489 e. The third-order valence-corrected chi connectivity index (χ3v) is 4.02. The first-order chi connectivity index (χ1) is 11.7. The van der Waals surface area contributed by atoms with Crippen LogP contribution in [-0.4, -0.2) is 0 Å². The van der Waals surface area contributed by atoms with Crippen LogP contribution in [0.3, 0.4) is 0 Å². The van der Waals surface area contributed by atoms with Gasteiger partial charge in [0, 0.05) is 17.8 Å². The summed E-state index contributed by atoms with van der Waals surface area (Å²) in [6.07, 6.45) is 0. The molecule has 24 heavy (non-hydrogen) atoms. The molecule has 0 aliphatic heterocycles. The molecule has 0 unspecified atom stereocenters. The smallest absolute Gasteiger partial charge is 0.124 e. The zero-order chi connectivity index (χ0) is 16.8. The van der Waals surface area contributed by atoms with Crippen LogP contribution in [0.2, 0.25) is 0 Å². The molecular weight excluding hydrogens is 294 g/mol. The molecular formula is C22H23NO. The van der Waals surface area contributed by atoms with Gasteiger partial charge in [0.05, 0.1) is 0 Å². The number of para-hydroxylation sites is 1. The Kier molecular flexibility index (Phi) is 5.17. The van der Waals surface area contributed by atoms with Gasteiger partial charge in [-0.2, -0.15) is 0 Å². The zero-order valence-corrected chi connectivity index (χ0v) is 14.3. The van der Waals surface area contributed by atoms with Crippen LogP contribution in [0.4, 0.5) is 5.69 Å². The predicted molar refractivity (Wildman–Crippen MR) is 100 cm³/mol. The third kappa shape index (κ3) is 4.39. The molecule has 0 aromatic heterocycles. The second-order valence-corrected chi connectivity index (χ2v) is 6.10. The van der Waals surface area contributed by atoms with Crippen LogP contribution < -0.4 is 10.1 Å². The van der Waals surface area contributed by atoms with E-state index in [1.54, 1.807) is 0 Å². The van der Waals surface area contributed by atoms with Gasteiger partial charge in [0.15, 0.2) is 0 Å². The average molecular weight is 317 g/mol. The molecule has 3 aromatic rings. The third-order valence-electron chi connectivity index (χ3n) is 4.02. The maximum Gasteiger partial charge on any atom is 0.124 e. The molecule has 0 spiro atoms. The summed E-state index contributed by atoms with van der Waals surface area (Å²) in [7, 11) is 0. The second kappa shape index (κ2) is 7.69. The first-order valence-electron chi connectivity index (χ1n) is 8.27. The molecule has 3 aromatic carbocycles. The summed E-state index contributed by atoms with van der Waals surface area (Å²) in [6, 6.07) is 25.1. The summed E-state index contributed by atoms with van der Waals surface area (Å²) < 4.78 is 6.03. The molecule has 2 nitrogen and oxygen atoms in total. The van der Waals surface area contributed by atoms with Crippen molar-refractivity contribution in [2.45, 2.75) is 27.0 Å². The Hall–Kier alpha value is -2.74. The summed E-state index contributed by atoms with van der Waals surface area (Å²) in [6.45, 7) is 5.52. The van der Waals surface area contributed by atoms with E-state index in [0.717, 1.165) is 23.5 Å². The quantitative estimate of drug-likeness (QED) is 0.648. The first kappa shape index (κ1) is 16.1. The summed E-state index contributed by atoms with van der Waals surface area (Å²) in [5.74, 6) is 0.928. The van der Waals surface area contributed by atoms with Crippen LogP contribution in [0.25, 0.3) is 0 Å². The summed E-state index contributed by atoms with van der Waals surface area (Å²) in [4.78, 5) is 0. The van der Waals surface area contributed by atoms with Crippen molar-refractivity contribution in [3.63, 3.8) is 0 Å². The number of aryl methyl sites for hydroxylation is 2. The number of rotatable bonds is 6. The second-order valence-electron chi connectivity index (χ2n) is 6.10. The average Bonchev–Trinajstić information content (AvgIpc) is 2.61. The van der Waals surface area contributed by atoms with Crippen LogP contribution in [0, 0.1) is 13.8 Å². The Morgan fingerprint density at radius 3 is 2.08 bits per heavy atom. The van der Waals surface area contributed by atoms with Gasteiger partial charge in [-0.3, -0.25) is 0 Å². The van der Waals surface area contributed by atoms with Gasteiger partial charge in [-0.25, -0.2) is 0 Å². The highest BCUT2D eigenvalue weighted by atomic mass is 16.5. The Labute approximate surface area is 144 Å². The lowest BCUT2D eigenvalue weighted by atomic mass is 10.1. The van der Waals surface area contributed by atoms with E-state index in [1.807, 2.05) is 18.2 Å². The Bertz CT molecular complexity index is 707. The molecule has 0 bridgehead atoms. The predicted octanol–water partition coefficient (Wildman–Crippen LogP) is 5.49. The molecule has 0 saturated carbocycles. The van der Waals surface area contributed by atoms with Crippen molar-refractivity contribution in [1.82, 2.24) is 0 Å². The topological polar surface area (TPSA) is 21.3 Å². The van der Waals surface area contributed by atoms with Gasteiger partial charge >= 0.3 is 0 Å². The monoisotopic (exact) mass is 317 g/mol. The van der Waals surface area contributed by atoms with E-state index < -0.39 is 0 Å². The summed E-state index contributed by atoms with van der Waals surface area (Å²) in [5.41, 5.74) is 5.99. The number of nitrogens with one attached hydrogen (secondary N) is 1. The molecule has 1 N–H and O–H groups in total. The van der Waals surface area contributed by atoms with Crippen LogP contribution in [0.15, 0.2) is 72.8 Å². The van der Waals surface area contributed by atoms with Crippen molar-refractivity contribution in [3.8, 4) is 5.75 Å². The summed E-state index contributed by atoms with van der Waals surface area (Å²) >= 11 is 0. The van der Waals surface area contributed by atoms with Crippen molar-refractivity contribution < 1.29 is 4.74 Å².